The lowest BCUT2D eigenvalue weighted by Crippen LogP contribution is -2.29. The van der Waals surface area contributed by atoms with E-state index < -0.39 is 6.04 Å². The predicted molar refractivity (Wildman–Crippen MR) is 120 cm³/mol. The fraction of sp³-hybridized carbons (Fsp3) is 0.292. The number of Topliss-reactive ketones (excluding diaryl/α,β-unsaturated/α-hetero) is 1. The molecule has 1 unspecified atom stereocenters. The summed E-state index contributed by atoms with van der Waals surface area (Å²) in [6, 6.07) is 13.8. The van der Waals surface area contributed by atoms with E-state index in [2.05, 4.69) is 42.7 Å². The molecule has 1 atom stereocenters. The molecule has 0 aliphatic carbocycles. The molecule has 1 heterocycles. The molecule has 1 aliphatic rings. The highest BCUT2D eigenvalue weighted by atomic mass is 16.2. The number of rotatable bonds is 5. The summed E-state index contributed by atoms with van der Waals surface area (Å²) in [6.07, 6.45) is 0. The third-order valence-corrected chi connectivity index (χ3v) is 4.88. The number of hydrogen-bond acceptors (Lipinski definition) is 5. The molecule has 30 heavy (non-hydrogen) atoms. The summed E-state index contributed by atoms with van der Waals surface area (Å²) in [5.41, 5.74) is 4.08. The van der Waals surface area contributed by atoms with Crippen molar-refractivity contribution in [2.24, 2.45) is 15.3 Å². The van der Waals surface area contributed by atoms with Gasteiger partial charge in [0.1, 0.15) is 0 Å². The van der Waals surface area contributed by atoms with Crippen molar-refractivity contribution in [3.05, 3.63) is 71.8 Å². The zero-order valence-corrected chi connectivity index (χ0v) is 18.0. The molecule has 0 fully saturated rings. The van der Waals surface area contributed by atoms with Crippen LogP contribution in [0.3, 0.4) is 0 Å². The van der Waals surface area contributed by atoms with E-state index >= 15 is 0 Å². The van der Waals surface area contributed by atoms with Gasteiger partial charge in [-0.15, -0.1) is 0 Å². The quantitative estimate of drug-likeness (QED) is 0.370. The Morgan fingerprint density at radius 2 is 1.67 bits per heavy atom. The standard InChI is InChI=1S/C24H26N4O2/c1-15(2)22(29)17-7-11-19(12-8-17)25-26-21-16(3)27-28(23(21)30)20-13-9-18(10-14-20)24(4,5)6/h7-14,21H,1H2,2-6H3. The summed E-state index contributed by atoms with van der Waals surface area (Å²) in [7, 11) is 0. The van der Waals surface area contributed by atoms with Gasteiger partial charge in [-0.2, -0.15) is 20.3 Å². The van der Waals surface area contributed by atoms with Crippen LogP contribution in [0.25, 0.3) is 0 Å². The number of ketones is 1. The van der Waals surface area contributed by atoms with Crippen molar-refractivity contribution in [3.63, 3.8) is 0 Å². The van der Waals surface area contributed by atoms with Crippen molar-refractivity contribution in [1.82, 2.24) is 0 Å². The number of azo groups is 1. The van der Waals surface area contributed by atoms with Gasteiger partial charge in [-0.1, -0.05) is 39.5 Å². The van der Waals surface area contributed by atoms with Crippen LogP contribution in [0.1, 0.15) is 50.5 Å². The molecule has 154 valence electrons. The van der Waals surface area contributed by atoms with E-state index in [9.17, 15) is 9.59 Å². The first-order valence-corrected chi connectivity index (χ1v) is 9.78. The molecule has 0 aromatic heterocycles. The summed E-state index contributed by atoms with van der Waals surface area (Å²) in [5.74, 6) is -0.352. The van der Waals surface area contributed by atoms with Gasteiger partial charge in [0.05, 0.1) is 17.1 Å². The molecule has 1 aliphatic heterocycles. The number of carbonyl (C=O) groups is 2. The van der Waals surface area contributed by atoms with Crippen molar-refractivity contribution in [2.75, 3.05) is 5.01 Å². The summed E-state index contributed by atoms with van der Waals surface area (Å²) < 4.78 is 0. The van der Waals surface area contributed by atoms with Crippen molar-refractivity contribution >= 4 is 28.8 Å². The number of hydrogen-bond donors (Lipinski definition) is 0. The van der Waals surface area contributed by atoms with Crippen LogP contribution in [0.2, 0.25) is 0 Å². The number of nitrogens with zero attached hydrogens (tertiary/aromatic N) is 4. The highest BCUT2D eigenvalue weighted by Gasteiger charge is 2.34. The average molecular weight is 402 g/mol. The Kier molecular flexibility index (Phi) is 5.78. The highest BCUT2D eigenvalue weighted by molar-refractivity contribution is 6.18. The Bertz CT molecular complexity index is 1040. The van der Waals surface area contributed by atoms with E-state index in [0.717, 1.165) is 0 Å². The van der Waals surface area contributed by atoms with Crippen molar-refractivity contribution < 1.29 is 9.59 Å². The number of carbonyl (C=O) groups excluding carboxylic acids is 2. The first-order chi connectivity index (χ1) is 14.1. The predicted octanol–water partition coefficient (Wildman–Crippen LogP) is 5.62. The van der Waals surface area contributed by atoms with Crippen molar-refractivity contribution in [1.29, 1.82) is 0 Å². The minimum atomic E-state index is -0.760. The lowest BCUT2D eigenvalue weighted by Gasteiger charge is -2.20. The van der Waals surface area contributed by atoms with Crippen molar-refractivity contribution in [2.45, 2.75) is 46.1 Å². The topological polar surface area (TPSA) is 74.5 Å². The molecule has 0 N–H and O–H groups in total. The Hall–Kier alpha value is -3.41. The Labute approximate surface area is 177 Å². The minimum absolute atomic E-state index is 0.0357. The van der Waals surface area contributed by atoms with Crippen LogP contribution in [-0.4, -0.2) is 23.4 Å². The lowest BCUT2D eigenvalue weighted by molar-refractivity contribution is -0.117. The molecule has 0 saturated carbocycles. The van der Waals surface area contributed by atoms with Crippen LogP contribution < -0.4 is 5.01 Å². The maximum Gasteiger partial charge on any atom is 0.280 e. The van der Waals surface area contributed by atoms with E-state index in [0.29, 0.717) is 28.2 Å². The number of amides is 1. The van der Waals surface area contributed by atoms with Gasteiger partial charge in [-0.3, -0.25) is 9.59 Å². The van der Waals surface area contributed by atoms with Crippen molar-refractivity contribution in [3.8, 4) is 0 Å². The van der Waals surface area contributed by atoms with Gasteiger partial charge in [0.2, 0.25) is 0 Å². The molecule has 0 radical (unpaired) electrons. The third kappa shape index (κ3) is 4.43. The molecule has 3 rings (SSSR count). The Morgan fingerprint density at radius 1 is 1.07 bits per heavy atom. The summed E-state index contributed by atoms with van der Waals surface area (Å²) in [5, 5.41) is 14.1. The van der Waals surface area contributed by atoms with Gasteiger partial charge >= 0.3 is 0 Å². The molecule has 6 heteroatoms. The molecule has 0 saturated heterocycles. The smallest absolute Gasteiger partial charge is 0.280 e. The molecule has 1 amide bonds. The Balaban J connectivity index is 1.74. The maximum atomic E-state index is 12.8. The van der Waals surface area contributed by atoms with Gasteiger partial charge in [-0.05, 0) is 66.8 Å². The van der Waals surface area contributed by atoms with E-state index in [-0.39, 0.29) is 17.1 Å². The maximum absolute atomic E-state index is 12.8. The second-order valence-electron chi connectivity index (χ2n) is 8.46. The zero-order chi connectivity index (χ0) is 22.1. The Morgan fingerprint density at radius 3 is 2.20 bits per heavy atom. The van der Waals surface area contributed by atoms with Crippen LogP contribution in [0.5, 0.6) is 0 Å². The number of benzene rings is 2. The molecule has 6 nitrogen and oxygen atoms in total. The molecular formula is C24H26N4O2. The fourth-order valence-corrected chi connectivity index (χ4v) is 3.03. The SMILES string of the molecule is C=C(C)C(=O)c1ccc(N=NC2C(=O)N(c3ccc(C(C)(C)C)cc3)N=C2C)cc1. The minimum Gasteiger partial charge on any atom is -0.289 e. The zero-order valence-electron chi connectivity index (χ0n) is 18.0. The lowest BCUT2D eigenvalue weighted by atomic mass is 9.87. The first kappa shape index (κ1) is 21.3. The van der Waals surface area contributed by atoms with Gasteiger partial charge < -0.3 is 0 Å². The van der Waals surface area contributed by atoms with Crippen LogP contribution in [0, 0.1) is 0 Å². The van der Waals surface area contributed by atoms with E-state index in [4.69, 9.17) is 0 Å². The number of allylic oxidation sites excluding steroid dienone is 1. The van der Waals surface area contributed by atoms with Crippen LogP contribution in [0.15, 0.2) is 76.0 Å². The van der Waals surface area contributed by atoms with Gasteiger partial charge in [0.25, 0.3) is 5.91 Å². The largest absolute Gasteiger partial charge is 0.289 e. The summed E-state index contributed by atoms with van der Waals surface area (Å²) >= 11 is 0. The van der Waals surface area contributed by atoms with E-state index in [1.54, 1.807) is 38.1 Å². The summed E-state index contributed by atoms with van der Waals surface area (Å²) in [4.78, 5) is 24.8. The first-order valence-electron chi connectivity index (χ1n) is 9.78. The van der Waals surface area contributed by atoms with Gasteiger partial charge in [0.15, 0.2) is 11.8 Å². The van der Waals surface area contributed by atoms with Crippen LogP contribution in [0.4, 0.5) is 11.4 Å². The molecule has 0 bridgehead atoms. The second kappa shape index (κ2) is 8.14. The van der Waals surface area contributed by atoms with Crippen LogP contribution in [-0.2, 0) is 10.2 Å². The van der Waals surface area contributed by atoms with Gasteiger partial charge in [-0.25, -0.2) is 0 Å². The normalized spacial score (nSPS) is 16.8. The highest BCUT2D eigenvalue weighted by Crippen LogP contribution is 2.28. The molecule has 0 spiro atoms. The molecular weight excluding hydrogens is 376 g/mol. The van der Waals surface area contributed by atoms with E-state index in [1.807, 2.05) is 24.3 Å². The monoisotopic (exact) mass is 402 g/mol. The van der Waals surface area contributed by atoms with Gasteiger partial charge in [0, 0.05) is 5.56 Å². The summed E-state index contributed by atoms with van der Waals surface area (Å²) in [6.45, 7) is 13.5. The number of hydrazone groups is 1. The second-order valence-corrected chi connectivity index (χ2v) is 8.46. The average Bonchev–Trinajstić information content (AvgIpc) is 2.99. The molecule has 2 aromatic carbocycles. The third-order valence-electron chi connectivity index (χ3n) is 4.88. The van der Waals surface area contributed by atoms with E-state index in [1.165, 1.54) is 10.6 Å². The fourth-order valence-electron chi connectivity index (χ4n) is 3.03. The van der Waals surface area contributed by atoms with Crippen LogP contribution >= 0.6 is 0 Å². The number of anilines is 1. The molecule has 2 aromatic rings.